The summed E-state index contributed by atoms with van der Waals surface area (Å²) in [6.07, 6.45) is 3.11. The zero-order valence-electron chi connectivity index (χ0n) is 9.14. The minimum absolute atomic E-state index is 0.125. The number of carbonyl (C=O) groups excluding carboxylic acids is 2. The summed E-state index contributed by atoms with van der Waals surface area (Å²) in [5.41, 5.74) is 6.48. The first kappa shape index (κ1) is 10.7. The van der Waals surface area contributed by atoms with Gasteiger partial charge in [-0.15, -0.1) is 0 Å². The third-order valence-electron chi connectivity index (χ3n) is 2.78. The maximum atomic E-state index is 11.6. The minimum Gasteiger partial charge on any atom is -0.384 e. The molecule has 1 aliphatic rings. The molecular formula is C10H14N4O2. The van der Waals surface area contributed by atoms with Gasteiger partial charge in [0.25, 0.3) is 0 Å². The van der Waals surface area contributed by atoms with Crippen molar-refractivity contribution in [3.05, 3.63) is 11.8 Å². The zero-order chi connectivity index (χ0) is 11.7. The molecule has 2 N–H and O–H groups in total. The molecule has 6 nitrogen and oxygen atoms in total. The van der Waals surface area contributed by atoms with Crippen LogP contribution in [0.15, 0.2) is 6.20 Å². The van der Waals surface area contributed by atoms with E-state index in [1.165, 1.54) is 9.58 Å². The Kier molecular flexibility index (Phi) is 2.64. The van der Waals surface area contributed by atoms with E-state index in [0.29, 0.717) is 30.6 Å². The van der Waals surface area contributed by atoms with Gasteiger partial charge in [-0.2, -0.15) is 5.10 Å². The smallest absolute Gasteiger partial charge is 0.229 e. The molecule has 0 spiro atoms. The number of piperidine rings is 1. The van der Waals surface area contributed by atoms with Gasteiger partial charge in [0.1, 0.15) is 5.82 Å². The lowest BCUT2D eigenvalue weighted by Crippen LogP contribution is -2.39. The largest absolute Gasteiger partial charge is 0.384 e. The fourth-order valence-corrected chi connectivity index (χ4v) is 1.76. The number of rotatable bonds is 2. The fraction of sp³-hybridized carbons (Fsp3) is 0.500. The summed E-state index contributed by atoms with van der Waals surface area (Å²) in [4.78, 5) is 24.4. The second-order valence-electron chi connectivity index (χ2n) is 3.91. The SMILES string of the molecule is Cn1ncc(CN2C(=O)CCCC2=O)c1N. The molecule has 1 aliphatic heterocycles. The second-order valence-corrected chi connectivity index (χ2v) is 3.91. The van der Waals surface area contributed by atoms with Gasteiger partial charge in [0.2, 0.25) is 11.8 Å². The van der Waals surface area contributed by atoms with Crippen LogP contribution in [0.4, 0.5) is 5.82 Å². The Morgan fingerprint density at radius 3 is 2.50 bits per heavy atom. The Balaban J connectivity index is 2.17. The Morgan fingerprint density at radius 1 is 1.38 bits per heavy atom. The van der Waals surface area contributed by atoms with Gasteiger partial charge in [-0.3, -0.25) is 19.2 Å². The molecule has 0 aromatic carbocycles. The molecule has 0 radical (unpaired) electrons. The number of hydrogen-bond donors (Lipinski definition) is 1. The maximum absolute atomic E-state index is 11.6. The van der Waals surface area contributed by atoms with Crippen LogP contribution in [0.3, 0.4) is 0 Å². The van der Waals surface area contributed by atoms with Crippen LogP contribution < -0.4 is 5.73 Å². The van der Waals surface area contributed by atoms with E-state index in [-0.39, 0.29) is 18.4 Å². The van der Waals surface area contributed by atoms with Crippen LogP contribution in [0.25, 0.3) is 0 Å². The summed E-state index contributed by atoms with van der Waals surface area (Å²) < 4.78 is 1.52. The van der Waals surface area contributed by atoms with E-state index in [4.69, 9.17) is 5.73 Å². The maximum Gasteiger partial charge on any atom is 0.229 e. The molecule has 86 valence electrons. The number of hydrogen-bond acceptors (Lipinski definition) is 4. The number of anilines is 1. The van der Waals surface area contributed by atoms with Crippen molar-refractivity contribution in [3.8, 4) is 0 Å². The molecule has 2 heterocycles. The first-order valence-electron chi connectivity index (χ1n) is 5.19. The second kappa shape index (κ2) is 3.96. The van der Waals surface area contributed by atoms with Gasteiger partial charge < -0.3 is 5.73 Å². The predicted octanol–water partition coefficient (Wildman–Crippen LogP) is 0.0414. The Hall–Kier alpha value is -1.85. The van der Waals surface area contributed by atoms with Crippen molar-refractivity contribution in [1.29, 1.82) is 0 Å². The number of amides is 2. The van der Waals surface area contributed by atoms with Crippen molar-refractivity contribution in [2.75, 3.05) is 5.73 Å². The molecule has 1 aromatic heterocycles. The molecule has 0 bridgehead atoms. The van der Waals surface area contributed by atoms with Crippen LogP contribution in [0, 0.1) is 0 Å². The van der Waals surface area contributed by atoms with E-state index < -0.39 is 0 Å². The number of nitrogens with zero attached hydrogens (tertiary/aromatic N) is 3. The molecule has 16 heavy (non-hydrogen) atoms. The van der Waals surface area contributed by atoms with Gasteiger partial charge in [0, 0.05) is 25.5 Å². The Bertz CT molecular complexity index is 422. The molecular weight excluding hydrogens is 208 g/mol. The number of nitrogens with two attached hydrogens (primary N) is 1. The third kappa shape index (κ3) is 1.78. The van der Waals surface area contributed by atoms with Gasteiger partial charge in [-0.1, -0.05) is 0 Å². The monoisotopic (exact) mass is 222 g/mol. The Morgan fingerprint density at radius 2 is 2.00 bits per heavy atom. The topological polar surface area (TPSA) is 81.2 Å². The minimum atomic E-state index is -0.125. The highest BCUT2D eigenvalue weighted by atomic mass is 16.2. The molecule has 0 aliphatic carbocycles. The van der Waals surface area contributed by atoms with Crippen LogP contribution in [0.2, 0.25) is 0 Å². The standard InChI is InChI=1S/C10H14N4O2/c1-13-10(11)7(5-12-13)6-14-8(15)3-2-4-9(14)16/h5H,2-4,6,11H2,1H3. The molecule has 0 unspecified atom stereocenters. The number of carbonyl (C=O) groups is 2. The summed E-state index contributed by atoms with van der Waals surface area (Å²) >= 11 is 0. The van der Waals surface area contributed by atoms with E-state index in [0.717, 1.165) is 0 Å². The highest BCUT2D eigenvalue weighted by Crippen LogP contribution is 2.18. The lowest BCUT2D eigenvalue weighted by molar-refractivity contribution is -0.148. The summed E-state index contributed by atoms with van der Waals surface area (Å²) in [5.74, 6) is 0.241. The molecule has 0 atom stereocenters. The molecule has 2 rings (SSSR count). The van der Waals surface area contributed by atoms with Crippen LogP contribution in [0.1, 0.15) is 24.8 Å². The Labute approximate surface area is 93.0 Å². The van der Waals surface area contributed by atoms with Gasteiger partial charge in [0.15, 0.2) is 0 Å². The average Bonchev–Trinajstić information content (AvgIpc) is 2.55. The lowest BCUT2D eigenvalue weighted by Gasteiger charge is -2.24. The van der Waals surface area contributed by atoms with Crippen LogP contribution >= 0.6 is 0 Å². The van der Waals surface area contributed by atoms with Crippen molar-refractivity contribution in [2.45, 2.75) is 25.8 Å². The molecule has 2 amide bonds. The van der Waals surface area contributed by atoms with Crippen molar-refractivity contribution in [1.82, 2.24) is 14.7 Å². The number of aromatic nitrogens is 2. The van der Waals surface area contributed by atoms with E-state index in [2.05, 4.69) is 5.10 Å². The van der Waals surface area contributed by atoms with E-state index in [1.807, 2.05) is 0 Å². The number of nitrogen functional groups attached to an aromatic ring is 1. The summed E-state index contributed by atoms with van der Waals surface area (Å²) in [7, 11) is 1.72. The summed E-state index contributed by atoms with van der Waals surface area (Å²) in [6.45, 7) is 0.233. The van der Waals surface area contributed by atoms with Crippen LogP contribution in [0.5, 0.6) is 0 Å². The summed E-state index contributed by atoms with van der Waals surface area (Å²) in [5, 5.41) is 3.97. The summed E-state index contributed by atoms with van der Waals surface area (Å²) in [6, 6.07) is 0. The number of imide groups is 1. The molecule has 0 saturated carbocycles. The fourth-order valence-electron chi connectivity index (χ4n) is 1.76. The average molecular weight is 222 g/mol. The first-order chi connectivity index (χ1) is 7.59. The number of likely N-dealkylation sites (tertiary alicyclic amines) is 1. The molecule has 1 aromatic rings. The zero-order valence-corrected chi connectivity index (χ0v) is 9.14. The molecule has 1 saturated heterocycles. The van der Waals surface area contributed by atoms with Crippen molar-refractivity contribution >= 4 is 17.6 Å². The molecule has 6 heteroatoms. The van der Waals surface area contributed by atoms with Gasteiger partial charge in [-0.05, 0) is 6.42 Å². The van der Waals surface area contributed by atoms with E-state index >= 15 is 0 Å². The van der Waals surface area contributed by atoms with Crippen molar-refractivity contribution in [3.63, 3.8) is 0 Å². The first-order valence-corrected chi connectivity index (χ1v) is 5.19. The van der Waals surface area contributed by atoms with Gasteiger partial charge in [0.05, 0.1) is 12.7 Å². The van der Waals surface area contributed by atoms with Crippen molar-refractivity contribution in [2.24, 2.45) is 7.05 Å². The van der Waals surface area contributed by atoms with Gasteiger partial charge in [-0.25, -0.2) is 0 Å². The molecule has 1 fully saturated rings. The van der Waals surface area contributed by atoms with Crippen LogP contribution in [-0.2, 0) is 23.2 Å². The quantitative estimate of drug-likeness (QED) is 0.716. The van der Waals surface area contributed by atoms with E-state index in [9.17, 15) is 9.59 Å². The normalized spacial score (nSPS) is 16.9. The third-order valence-corrected chi connectivity index (χ3v) is 2.78. The van der Waals surface area contributed by atoms with Crippen LogP contribution in [-0.4, -0.2) is 26.5 Å². The predicted molar refractivity (Wildman–Crippen MR) is 57.0 cm³/mol. The van der Waals surface area contributed by atoms with E-state index in [1.54, 1.807) is 13.2 Å². The van der Waals surface area contributed by atoms with Gasteiger partial charge >= 0.3 is 0 Å². The van der Waals surface area contributed by atoms with Crippen molar-refractivity contribution < 1.29 is 9.59 Å². The number of aryl methyl sites for hydroxylation is 1. The highest BCUT2D eigenvalue weighted by molar-refractivity contribution is 5.97. The highest BCUT2D eigenvalue weighted by Gasteiger charge is 2.26. The lowest BCUT2D eigenvalue weighted by atomic mass is 10.1.